The number of hydrogen-bond donors (Lipinski definition) is 2. The van der Waals surface area contributed by atoms with Crippen LogP contribution in [0.2, 0.25) is 0 Å². The van der Waals surface area contributed by atoms with Crippen molar-refractivity contribution in [3.8, 4) is 0 Å². The number of carbonyl (C=O) groups excluding carboxylic acids is 1. The molecule has 1 unspecified atom stereocenters. The summed E-state index contributed by atoms with van der Waals surface area (Å²) in [5.41, 5.74) is -0.781. The quantitative estimate of drug-likeness (QED) is 0.826. The Bertz CT molecular complexity index is 707. The topological polar surface area (TPSA) is 79.5 Å². The Morgan fingerprint density at radius 3 is 2.76 bits per heavy atom. The number of fused-ring (bicyclic) bond motifs is 1. The maximum atomic E-state index is 12.3. The average molecular weight is 289 g/mol. The number of rotatable bonds is 5. The molecular formula is C16H19NO4. The van der Waals surface area contributed by atoms with E-state index in [0.717, 1.165) is 0 Å². The van der Waals surface area contributed by atoms with Crippen LogP contribution in [0.5, 0.6) is 0 Å². The minimum absolute atomic E-state index is 0.0219. The Morgan fingerprint density at radius 1 is 1.38 bits per heavy atom. The Balaban J connectivity index is 2.35. The summed E-state index contributed by atoms with van der Waals surface area (Å²) in [5, 5.41) is 12.6. The second-order valence-electron chi connectivity index (χ2n) is 5.33. The molecule has 2 N–H and O–H groups in total. The summed E-state index contributed by atoms with van der Waals surface area (Å²) < 4.78 is 5.16. The molecule has 1 heterocycles. The van der Waals surface area contributed by atoms with Gasteiger partial charge in [-0.2, -0.15) is 0 Å². The van der Waals surface area contributed by atoms with Gasteiger partial charge in [0, 0.05) is 17.5 Å². The third-order valence-electron chi connectivity index (χ3n) is 3.75. The van der Waals surface area contributed by atoms with Crippen molar-refractivity contribution in [2.45, 2.75) is 32.2 Å². The monoisotopic (exact) mass is 289 g/mol. The van der Waals surface area contributed by atoms with Crippen molar-refractivity contribution in [3.63, 3.8) is 0 Å². The standard InChI is InChI=1S/C16H19NO4/c1-3-16(2,8-9-18)17-14(19)12-10-11-6-4-5-7-13(11)21-15(12)20/h4-7,10,18H,3,8-9H2,1-2H3,(H,17,19). The number of hydrogen-bond acceptors (Lipinski definition) is 4. The van der Waals surface area contributed by atoms with Crippen LogP contribution in [0.4, 0.5) is 0 Å². The summed E-state index contributed by atoms with van der Waals surface area (Å²) in [6.07, 6.45) is 1.08. The molecule has 0 aliphatic carbocycles. The number of carbonyl (C=O) groups is 1. The molecule has 1 aromatic heterocycles. The van der Waals surface area contributed by atoms with Gasteiger partial charge in [-0.05, 0) is 31.9 Å². The van der Waals surface area contributed by atoms with Crippen LogP contribution >= 0.6 is 0 Å². The smallest absolute Gasteiger partial charge is 0.349 e. The molecule has 0 saturated heterocycles. The van der Waals surface area contributed by atoms with Crippen LogP contribution in [0.15, 0.2) is 39.5 Å². The number of amides is 1. The molecule has 0 spiro atoms. The van der Waals surface area contributed by atoms with E-state index in [1.54, 1.807) is 18.2 Å². The first kappa shape index (κ1) is 15.3. The SMILES string of the molecule is CCC(C)(CCO)NC(=O)c1cc2ccccc2oc1=O. The van der Waals surface area contributed by atoms with E-state index in [-0.39, 0.29) is 12.2 Å². The van der Waals surface area contributed by atoms with Gasteiger partial charge in [0.05, 0.1) is 0 Å². The number of aliphatic hydroxyl groups excluding tert-OH is 1. The van der Waals surface area contributed by atoms with Crippen molar-refractivity contribution in [2.24, 2.45) is 0 Å². The molecule has 1 aromatic carbocycles. The number of aliphatic hydroxyl groups is 1. The van der Waals surface area contributed by atoms with E-state index in [9.17, 15) is 9.59 Å². The van der Waals surface area contributed by atoms with E-state index in [0.29, 0.717) is 23.8 Å². The molecule has 5 nitrogen and oxygen atoms in total. The van der Waals surface area contributed by atoms with E-state index in [1.807, 2.05) is 19.9 Å². The van der Waals surface area contributed by atoms with E-state index >= 15 is 0 Å². The highest BCUT2D eigenvalue weighted by Crippen LogP contribution is 2.16. The molecule has 1 amide bonds. The first-order valence-corrected chi connectivity index (χ1v) is 6.95. The van der Waals surface area contributed by atoms with Gasteiger partial charge in [-0.3, -0.25) is 4.79 Å². The summed E-state index contributed by atoms with van der Waals surface area (Å²) in [6, 6.07) is 8.57. The summed E-state index contributed by atoms with van der Waals surface area (Å²) in [7, 11) is 0. The Labute approximate surface area is 122 Å². The lowest BCUT2D eigenvalue weighted by Gasteiger charge is -2.28. The van der Waals surface area contributed by atoms with Gasteiger partial charge in [0.2, 0.25) is 0 Å². The molecule has 0 bridgehead atoms. The Morgan fingerprint density at radius 2 is 2.10 bits per heavy atom. The second-order valence-corrected chi connectivity index (χ2v) is 5.33. The third-order valence-corrected chi connectivity index (χ3v) is 3.75. The van der Waals surface area contributed by atoms with E-state index in [1.165, 1.54) is 6.07 Å². The van der Waals surface area contributed by atoms with E-state index in [4.69, 9.17) is 9.52 Å². The molecule has 0 radical (unpaired) electrons. The van der Waals surface area contributed by atoms with Crippen LogP contribution in [0.1, 0.15) is 37.0 Å². The second kappa shape index (κ2) is 6.10. The minimum Gasteiger partial charge on any atom is -0.422 e. The molecule has 5 heteroatoms. The zero-order chi connectivity index (χ0) is 15.5. The van der Waals surface area contributed by atoms with Crippen LogP contribution in [-0.2, 0) is 0 Å². The molecule has 21 heavy (non-hydrogen) atoms. The van der Waals surface area contributed by atoms with Crippen molar-refractivity contribution >= 4 is 16.9 Å². The van der Waals surface area contributed by atoms with Crippen LogP contribution < -0.4 is 10.9 Å². The lowest BCUT2D eigenvalue weighted by Crippen LogP contribution is -2.47. The number of benzene rings is 1. The van der Waals surface area contributed by atoms with E-state index < -0.39 is 17.1 Å². The van der Waals surface area contributed by atoms with Gasteiger partial charge in [0.25, 0.3) is 5.91 Å². The fraction of sp³-hybridized carbons (Fsp3) is 0.375. The van der Waals surface area contributed by atoms with Crippen LogP contribution in [0.3, 0.4) is 0 Å². The van der Waals surface area contributed by atoms with E-state index in [2.05, 4.69) is 5.32 Å². The molecule has 0 fully saturated rings. The largest absolute Gasteiger partial charge is 0.422 e. The van der Waals surface area contributed by atoms with Gasteiger partial charge in [-0.15, -0.1) is 0 Å². The molecule has 0 aliphatic rings. The molecule has 2 rings (SSSR count). The van der Waals surface area contributed by atoms with Gasteiger partial charge in [0.1, 0.15) is 11.1 Å². The van der Waals surface area contributed by atoms with Crippen molar-refractivity contribution in [1.29, 1.82) is 0 Å². The lowest BCUT2D eigenvalue weighted by atomic mass is 9.94. The van der Waals surface area contributed by atoms with Crippen LogP contribution in [0.25, 0.3) is 11.0 Å². The van der Waals surface area contributed by atoms with Crippen molar-refractivity contribution in [2.75, 3.05) is 6.61 Å². The number of para-hydroxylation sites is 1. The predicted molar refractivity (Wildman–Crippen MR) is 80.3 cm³/mol. The minimum atomic E-state index is -0.659. The summed E-state index contributed by atoms with van der Waals surface area (Å²) >= 11 is 0. The van der Waals surface area contributed by atoms with Gasteiger partial charge in [-0.25, -0.2) is 4.79 Å². The maximum absolute atomic E-state index is 12.3. The van der Waals surface area contributed by atoms with Crippen molar-refractivity contribution in [1.82, 2.24) is 5.32 Å². The molecular weight excluding hydrogens is 270 g/mol. The molecule has 0 saturated carbocycles. The highest BCUT2D eigenvalue weighted by Gasteiger charge is 2.26. The normalized spacial score (nSPS) is 13.9. The highest BCUT2D eigenvalue weighted by atomic mass is 16.4. The Kier molecular flexibility index (Phi) is 4.43. The van der Waals surface area contributed by atoms with Gasteiger partial charge < -0.3 is 14.8 Å². The average Bonchev–Trinajstić information content (AvgIpc) is 2.46. The van der Waals surface area contributed by atoms with Crippen molar-refractivity contribution in [3.05, 3.63) is 46.3 Å². The molecule has 0 aliphatic heterocycles. The third kappa shape index (κ3) is 3.31. The first-order valence-electron chi connectivity index (χ1n) is 6.95. The Hall–Kier alpha value is -2.14. The maximum Gasteiger partial charge on any atom is 0.349 e. The predicted octanol–water partition coefficient (Wildman–Crippen LogP) is 2.07. The molecule has 1 atom stereocenters. The van der Waals surface area contributed by atoms with Crippen molar-refractivity contribution < 1.29 is 14.3 Å². The fourth-order valence-corrected chi connectivity index (χ4v) is 2.14. The fourth-order valence-electron chi connectivity index (χ4n) is 2.14. The lowest BCUT2D eigenvalue weighted by molar-refractivity contribution is 0.0882. The molecule has 112 valence electrons. The summed E-state index contributed by atoms with van der Waals surface area (Å²) in [4.78, 5) is 24.2. The highest BCUT2D eigenvalue weighted by molar-refractivity contribution is 5.97. The molecule has 2 aromatic rings. The van der Waals surface area contributed by atoms with Crippen LogP contribution in [-0.4, -0.2) is 23.2 Å². The van der Waals surface area contributed by atoms with Gasteiger partial charge >= 0.3 is 5.63 Å². The zero-order valence-electron chi connectivity index (χ0n) is 12.2. The zero-order valence-corrected chi connectivity index (χ0v) is 12.2. The summed E-state index contributed by atoms with van der Waals surface area (Å²) in [5.74, 6) is -0.479. The van der Waals surface area contributed by atoms with Gasteiger partial charge in [-0.1, -0.05) is 25.1 Å². The summed E-state index contributed by atoms with van der Waals surface area (Å²) in [6.45, 7) is 3.72. The van der Waals surface area contributed by atoms with Crippen LogP contribution in [0, 0.1) is 0 Å². The number of nitrogens with one attached hydrogen (secondary N) is 1. The van der Waals surface area contributed by atoms with Gasteiger partial charge in [0.15, 0.2) is 0 Å². The first-order chi connectivity index (χ1) is 9.99.